The molecular weight excluding hydrogens is 400 g/mol. The van der Waals surface area contributed by atoms with Gasteiger partial charge in [0.1, 0.15) is 13.1 Å². The van der Waals surface area contributed by atoms with Crippen LogP contribution in [0.4, 0.5) is 0 Å². The maximum atomic E-state index is 11.4. The molecule has 30 heavy (non-hydrogen) atoms. The van der Waals surface area contributed by atoms with E-state index in [1.165, 1.54) is 17.2 Å². The standard InChI is InChI=1S/C22H28N2O.CH4O3S/c1-3-22(25)23-16-11-17-24(4-2,18-20-12-7-5-8-13-20)19-21-14-9-6-10-15-21;1-5(2,3)4/h3,5-10,12-15H,1,4,11,16-19H2,2H3;1H3,(H,2,3,4). The van der Waals surface area contributed by atoms with Gasteiger partial charge in [-0.05, 0) is 13.0 Å². The van der Waals surface area contributed by atoms with Crippen LogP contribution in [0.5, 0.6) is 0 Å². The summed E-state index contributed by atoms with van der Waals surface area (Å²) < 4.78 is 28.2. The summed E-state index contributed by atoms with van der Waals surface area (Å²) in [4.78, 5) is 11.4. The second kappa shape index (κ2) is 13.0. The minimum Gasteiger partial charge on any atom is -0.748 e. The van der Waals surface area contributed by atoms with E-state index in [0.717, 1.165) is 37.1 Å². The van der Waals surface area contributed by atoms with Crippen LogP contribution >= 0.6 is 0 Å². The molecule has 0 saturated carbocycles. The van der Waals surface area contributed by atoms with E-state index in [4.69, 9.17) is 13.0 Å². The molecule has 1 amide bonds. The van der Waals surface area contributed by atoms with Gasteiger partial charge < -0.3 is 14.4 Å². The van der Waals surface area contributed by atoms with Gasteiger partial charge in [0.15, 0.2) is 0 Å². The Labute approximate surface area is 180 Å². The Hall–Kier alpha value is -2.48. The Morgan fingerprint density at radius 3 is 1.83 bits per heavy atom. The van der Waals surface area contributed by atoms with Crippen molar-refractivity contribution in [2.75, 3.05) is 25.9 Å². The average molecular weight is 433 g/mol. The number of rotatable bonds is 10. The van der Waals surface area contributed by atoms with Crippen molar-refractivity contribution in [3.05, 3.63) is 84.4 Å². The summed E-state index contributed by atoms with van der Waals surface area (Å²) in [7, 11) is -3.92. The molecule has 2 rings (SSSR count). The fourth-order valence-corrected chi connectivity index (χ4v) is 3.24. The zero-order valence-corrected chi connectivity index (χ0v) is 18.6. The molecule has 2 aromatic rings. The third-order valence-corrected chi connectivity index (χ3v) is 4.69. The number of carbonyl (C=O) groups is 1. The first-order valence-electron chi connectivity index (χ1n) is 9.91. The Balaban J connectivity index is 0.000000804. The van der Waals surface area contributed by atoms with Crippen LogP contribution in [-0.4, -0.2) is 49.3 Å². The van der Waals surface area contributed by atoms with Crippen molar-refractivity contribution in [3.63, 3.8) is 0 Å². The van der Waals surface area contributed by atoms with Gasteiger partial charge in [0.05, 0.1) is 23.2 Å². The summed E-state index contributed by atoms with van der Waals surface area (Å²) in [5.41, 5.74) is 2.71. The third kappa shape index (κ3) is 11.5. The molecule has 0 aliphatic heterocycles. The van der Waals surface area contributed by atoms with E-state index >= 15 is 0 Å². The van der Waals surface area contributed by atoms with E-state index in [-0.39, 0.29) is 5.91 Å². The quantitative estimate of drug-likeness (QED) is 0.271. The van der Waals surface area contributed by atoms with Crippen LogP contribution < -0.4 is 5.32 Å². The topological polar surface area (TPSA) is 86.3 Å². The zero-order chi connectivity index (χ0) is 22.5. The lowest BCUT2D eigenvalue weighted by molar-refractivity contribution is -0.952. The molecule has 0 spiro atoms. The van der Waals surface area contributed by atoms with Gasteiger partial charge in [-0.1, -0.05) is 67.2 Å². The number of hydrogen-bond donors (Lipinski definition) is 1. The average Bonchev–Trinajstić information content (AvgIpc) is 2.71. The van der Waals surface area contributed by atoms with Crippen LogP contribution in [-0.2, 0) is 28.0 Å². The van der Waals surface area contributed by atoms with E-state index < -0.39 is 10.1 Å². The van der Waals surface area contributed by atoms with Crippen molar-refractivity contribution in [1.29, 1.82) is 0 Å². The molecule has 0 aliphatic rings. The predicted octanol–water partition coefficient (Wildman–Crippen LogP) is 3.08. The van der Waals surface area contributed by atoms with Crippen molar-refractivity contribution >= 4 is 16.0 Å². The molecule has 0 aromatic heterocycles. The second-order valence-electron chi connectivity index (χ2n) is 7.22. The van der Waals surface area contributed by atoms with Crippen molar-refractivity contribution in [3.8, 4) is 0 Å². The number of quaternary nitrogens is 1. The first kappa shape index (κ1) is 25.6. The van der Waals surface area contributed by atoms with E-state index in [1.807, 2.05) is 0 Å². The molecule has 0 saturated heterocycles. The van der Waals surface area contributed by atoms with Gasteiger partial charge >= 0.3 is 0 Å². The van der Waals surface area contributed by atoms with Gasteiger partial charge in [-0.3, -0.25) is 4.79 Å². The summed E-state index contributed by atoms with van der Waals surface area (Å²) in [6.45, 7) is 10.5. The van der Waals surface area contributed by atoms with E-state index in [0.29, 0.717) is 12.8 Å². The van der Waals surface area contributed by atoms with Gasteiger partial charge in [-0.15, -0.1) is 0 Å². The molecule has 164 valence electrons. The zero-order valence-electron chi connectivity index (χ0n) is 17.8. The Morgan fingerprint density at radius 1 is 1.03 bits per heavy atom. The summed E-state index contributed by atoms with van der Waals surface area (Å²) in [5, 5.41) is 2.89. The van der Waals surface area contributed by atoms with Gasteiger partial charge in [0.25, 0.3) is 0 Å². The molecule has 6 nitrogen and oxygen atoms in total. The maximum absolute atomic E-state index is 11.4. The van der Waals surface area contributed by atoms with Crippen molar-refractivity contribution < 1.29 is 22.2 Å². The molecule has 2 aromatic carbocycles. The van der Waals surface area contributed by atoms with Crippen molar-refractivity contribution in [1.82, 2.24) is 5.32 Å². The van der Waals surface area contributed by atoms with Gasteiger partial charge in [-0.2, -0.15) is 0 Å². The lowest BCUT2D eigenvalue weighted by atomic mass is 10.1. The Kier molecular flexibility index (Phi) is 11.0. The van der Waals surface area contributed by atoms with Crippen LogP contribution in [0.1, 0.15) is 24.5 Å². The largest absolute Gasteiger partial charge is 0.748 e. The number of carbonyl (C=O) groups excluding carboxylic acids is 1. The molecule has 0 radical (unpaired) electrons. The highest BCUT2D eigenvalue weighted by Gasteiger charge is 2.26. The summed E-state index contributed by atoms with van der Waals surface area (Å²) in [6, 6.07) is 21.3. The number of nitrogens with one attached hydrogen (secondary N) is 1. The Bertz CT molecular complexity index is 819. The number of amides is 1. The van der Waals surface area contributed by atoms with E-state index in [9.17, 15) is 4.79 Å². The van der Waals surface area contributed by atoms with Crippen LogP contribution in [0.2, 0.25) is 0 Å². The Morgan fingerprint density at radius 2 is 1.47 bits per heavy atom. The first-order chi connectivity index (χ1) is 14.2. The second-order valence-corrected chi connectivity index (χ2v) is 8.63. The maximum Gasteiger partial charge on any atom is 0.243 e. The van der Waals surface area contributed by atoms with Crippen LogP contribution in [0.3, 0.4) is 0 Å². The van der Waals surface area contributed by atoms with Gasteiger partial charge in [0.2, 0.25) is 5.91 Å². The van der Waals surface area contributed by atoms with Crippen LogP contribution in [0.15, 0.2) is 73.3 Å². The minimum atomic E-state index is -3.92. The molecule has 7 heteroatoms. The molecule has 0 bridgehead atoms. The normalized spacial score (nSPS) is 11.2. The molecule has 1 N–H and O–H groups in total. The van der Waals surface area contributed by atoms with Crippen LogP contribution in [0.25, 0.3) is 0 Å². The van der Waals surface area contributed by atoms with Crippen molar-refractivity contribution in [2.45, 2.75) is 26.4 Å². The van der Waals surface area contributed by atoms with Gasteiger partial charge in [0, 0.05) is 30.3 Å². The third-order valence-electron chi connectivity index (χ3n) is 4.69. The number of benzene rings is 2. The summed E-state index contributed by atoms with van der Waals surface area (Å²) in [6.07, 6.45) is 2.88. The van der Waals surface area contributed by atoms with Crippen LogP contribution in [0, 0.1) is 0 Å². The monoisotopic (exact) mass is 432 g/mol. The number of hydrogen-bond acceptors (Lipinski definition) is 4. The highest BCUT2D eigenvalue weighted by atomic mass is 32.2. The lowest BCUT2D eigenvalue weighted by Gasteiger charge is -2.38. The fraction of sp³-hybridized carbons (Fsp3) is 0.348. The molecule has 0 fully saturated rings. The van der Waals surface area contributed by atoms with Gasteiger partial charge in [-0.25, -0.2) is 8.42 Å². The number of nitrogens with zero attached hydrogens (tertiary/aromatic N) is 1. The molecule has 0 aliphatic carbocycles. The SMILES string of the molecule is C=CC(=O)NCCC[N+](CC)(Cc1ccccc1)Cc1ccccc1.CS(=O)(=O)[O-]. The highest BCUT2D eigenvalue weighted by Crippen LogP contribution is 2.20. The summed E-state index contributed by atoms with van der Waals surface area (Å²) >= 11 is 0. The molecular formula is C23H32N2O4S. The molecule has 0 unspecified atom stereocenters. The smallest absolute Gasteiger partial charge is 0.243 e. The lowest BCUT2D eigenvalue weighted by Crippen LogP contribution is -2.47. The van der Waals surface area contributed by atoms with Crippen molar-refractivity contribution in [2.24, 2.45) is 0 Å². The predicted molar refractivity (Wildman–Crippen MR) is 119 cm³/mol. The minimum absolute atomic E-state index is 0.0966. The molecule has 0 heterocycles. The van der Waals surface area contributed by atoms with E-state index in [2.05, 4.69) is 79.5 Å². The fourth-order valence-electron chi connectivity index (χ4n) is 3.24. The molecule has 0 atom stereocenters. The summed E-state index contributed by atoms with van der Waals surface area (Å²) in [5.74, 6) is -0.0966. The first-order valence-corrected chi connectivity index (χ1v) is 11.7. The highest BCUT2D eigenvalue weighted by molar-refractivity contribution is 7.84. The van der Waals surface area contributed by atoms with E-state index in [1.54, 1.807) is 0 Å².